The number of nitrogens with one attached hydrogen (secondary N) is 2. The van der Waals surface area contributed by atoms with Gasteiger partial charge >= 0.3 is 0 Å². The molecule has 3 heteroatoms. The highest BCUT2D eigenvalue weighted by molar-refractivity contribution is 5.59. The van der Waals surface area contributed by atoms with Crippen molar-refractivity contribution in [2.24, 2.45) is 4.99 Å². The molecule has 0 aromatic carbocycles. The molecule has 0 aromatic heterocycles. The van der Waals surface area contributed by atoms with E-state index in [0.29, 0.717) is 0 Å². The van der Waals surface area contributed by atoms with Crippen LogP contribution in [0.2, 0.25) is 0 Å². The van der Waals surface area contributed by atoms with Crippen LogP contribution in [0.4, 0.5) is 0 Å². The first-order valence-electron chi connectivity index (χ1n) is 3.64. The maximum absolute atomic E-state index is 4.25. The quantitative estimate of drug-likeness (QED) is 0.488. The molecular weight excluding hydrogens is 126 g/mol. The van der Waals surface area contributed by atoms with E-state index in [-0.39, 0.29) is 0 Å². The molecule has 2 N–H and O–H groups in total. The van der Waals surface area contributed by atoms with Crippen molar-refractivity contribution in [2.45, 2.75) is 6.42 Å². The monoisotopic (exact) mass is 137 g/mol. The maximum atomic E-state index is 4.25. The lowest BCUT2D eigenvalue weighted by Gasteiger charge is -2.21. The predicted molar refractivity (Wildman–Crippen MR) is 41.0 cm³/mol. The molecule has 0 spiro atoms. The molecule has 0 saturated carbocycles. The summed E-state index contributed by atoms with van der Waals surface area (Å²) in [6.07, 6.45) is 2.89. The SMILES string of the molecule is C1=NC2=C(CN1)CNCC2. The van der Waals surface area contributed by atoms with Gasteiger partial charge in [-0.3, -0.25) is 0 Å². The summed E-state index contributed by atoms with van der Waals surface area (Å²) in [7, 11) is 0. The average Bonchev–Trinajstić information content (AvgIpc) is 2.05. The molecule has 0 fully saturated rings. The Morgan fingerprint density at radius 1 is 1.40 bits per heavy atom. The lowest BCUT2D eigenvalue weighted by Crippen LogP contribution is -2.32. The summed E-state index contributed by atoms with van der Waals surface area (Å²) in [4.78, 5) is 4.25. The molecule has 2 aliphatic heterocycles. The average molecular weight is 137 g/mol. The summed E-state index contributed by atoms with van der Waals surface area (Å²) in [5.74, 6) is 0. The van der Waals surface area contributed by atoms with Gasteiger partial charge in [-0.15, -0.1) is 0 Å². The van der Waals surface area contributed by atoms with Crippen LogP contribution in [0.5, 0.6) is 0 Å². The Morgan fingerprint density at radius 2 is 2.40 bits per heavy atom. The van der Waals surface area contributed by atoms with E-state index in [1.807, 2.05) is 0 Å². The predicted octanol–water partition coefficient (Wildman–Crippen LogP) is -0.135. The van der Waals surface area contributed by atoms with Crippen LogP contribution in [0, 0.1) is 0 Å². The van der Waals surface area contributed by atoms with E-state index < -0.39 is 0 Å². The zero-order valence-electron chi connectivity index (χ0n) is 5.85. The van der Waals surface area contributed by atoms with Crippen molar-refractivity contribution in [3.63, 3.8) is 0 Å². The minimum atomic E-state index is 0.978. The second kappa shape index (κ2) is 2.42. The first kappa shape index (κ1) is 5.92. The molecule has 0 saturated heterocycles. The zero-order valence-corrected chi connectivity index (χ0v) is 5.85. The topological polar surface area (TPSA) is 36.4 Å². The van der Waals surface area contributed by atoms with Gasteiger partial charge in [0, 0.05) is 31.8 Å². The van der Waals surface area contributed by atoms with Crippen LogP contribution in [-0.4, -0.2) is 26.0 Å². The van der Waals surface area contributed by atoms with Crippen LogP contribution < -0.4 is 10.6 Å². The number of nitrogens with zero attached hydrogens (tertiary/aromatic N) is 1. The van der Waals surface area contributed by atoms with E-state index >= 15 is 0 Å². The molecule has 0 unspecified atom stereocenters. The van der Waals surface area contributed by atoms with E-state index in [0.717, 1.165) is 26.1 Å². The first-order chi connectivity index (χ1) is 4.97. The second-order valence-corrected chi connectivity index (χ2v) is 2.62. The molecule has 2 heterocycles. The number of aliphatic imine (C=N–C) groups is 1. The fourth-order valence-corrected chi connectivity index (χ4v) is 1.34. The molecule has 54 valence electrons. The van der Waals surface area contributed by atoms with Crippen molar-refractivity contribution in [3.05, 3.63) is 11.3 Å². The first-order valence-corrected chi connectivity index (χ1v) is 3.64. The van der Waals surface area contributed by atoms with Gasteiger partial charge in [-0.2, -0.15) is 0 Å². The fourth-order valence-electron chi connectivity index (χ4n) is 1.34. The Labute approximate surface area is 60.2 Å². The molecule has 2 rings (SSSR count). The Kier molecular flexibility index (Phi) is 1.43. The summed E-state index contributed by atoms with van der Waals surface area (Å²) in [5.41, 5.74) is 2.71. The van der Waals surface area contributed by atoms with Gasteiger partial charge in [0.15, 0.2) is 0 Å². The van der Waals surface area contributed by atoms with Crippen LogP contribution in [0.1, 0.15) is 6.42 Å². The van der Waals surface area contributed by atoms with Crippen molar-refractivity contribution < 1.29 is 0 Å². The molecule has 0 radical (unpaired) electrons. The molecule has 0 bridgehead atoms. The van der Waals surface area contributed by atoms with Crippen molar-refractivity contribution >= 4 is 6.34 Å². The van der Waals surface area contributed by atoms with E-state index in [1.54, 1.807) is 6.34 Å². The summed E-state index contributed by atoms with van der Waals surface area (Å²) in [5, 5.41) is 6.41. The normalized spacial score (nSPS) is 24.0. The largest absolute Gasteiger partial charge is 0.372 e. The van der Waals surface area contributed by atoms with Gasteiger partial charge in [0.2, 0.25) is 0 Å². The summed E-state index contributed by atoms with van der Waals surface area (Å²) >= 11 is 0. The maximum Gasteiger partial charge on any atom is 0.0884 e. The van der Waals surface area contributed by atoms with E-state index in [2.05, 4.69) is 15.6 Å². The lowest BCUT2D eigenvalue weighted by molar-refractivity contribution is 0.649. The standard InChI is InChI=1S/C7H11N3/c1-2-8-3-6-4-9-5-10-7(1)6/h5,8H,1-4H2,(H,9,10). The van der Waals surface area contributed by atoms with Crippen LogP contribution in [0.3, 0.4) is 0 Å². The minimum absolute atomic E-state index is 0.978. The molecule has 0 aliphatic carbocycles. The molecule has 3 nitrogen and oxygen atoms in total. The third kappa shape index (κ3) is 0.926. The third-order valence-corrected chi connectivity index (χ3v) is 1.91. The molecule has 10 heavy (non-hydrogen) atoms. The molecule has 0 amide bonds. The van der Waals surface area contributed by atoms with Gasteiger partial charge in [0.25, 0.3) is 0 Å². The number of hydrogen-bond donors (Lipinski definition) is 2. The van der Waals surface area contributed by atoms with Crippen molar-refractivity contribution in [2.75, 3.05) is 19.6 Å². The Balaban J connectivity index is 2.23. The van der Waals surface area contributed by atoms with Crippen LogP contribution in [0.25, 0.3) is 0 Å². The van der Waals surface area contributed by atoms with Gasteiger partial charge in [-0.05, 0) is 5.57 Å². The van der Waals surface area contributed by atoms with Crippen LogP contribution in [0.15, 0.2) is 16.3 Å². The fraction of sp³-hybridized carbons (Fsp3) is 0.571. The van der Waals surface area contributed by atoms with Gasteiger partial charge < -0.3 is 10.6 Å². The van der Waals surface area contributed by atoms with Crippen molar-refractivity contribution in [1.82, 2.24) is 10.6 Å². The van der Waals surface area contributed by atoms with E-state index in [4.69, 9.17) is 0 Å². The summed E-state index contributed by atoms with van der Waals surface area (Å²) in [6, 6.07) is 0. The summed E-state index contributed by atoms with van der Waals surface area (Å²) in [6.45, 7) is 3.07. The Morgan fingerprint density at radius 3 is 3.30 bits per heavy atom. The van der Waals surface area contributed by atoms with Crippen LogP contribution >= 0.6 is 0 Å². The number of rotatable bonds is 0. The Hall–Kier alpha value is -0.830. The lowest BCUT2D eigenvalue weighted by atomic mass is 10.1. The zero-order chi connectivity index (χ0) is 6.81. The Bertz CT molecular complexity index is 193. The van der Waals surface area contributed by atoms with Gasteiger partial charge in [-0.1, -0.05) is 0 Å². The number of hydrogen-bond acceptors (Lipinski definition) is 3. The van der Waals surface area contributed by atoms with Crippen LogP contribution in [-0.2, 0) is 0 Å². The van der Waals surface area contributed by atoms with Gasteiger partial charge in [-0.25, -0.2) is 4.99 Å². The summed E-state index contributed by atoms with van der Waals surface area (Å²) < 4.78 is 0. The highest BCUT2D eigenvalue weighted by Crippen LogP contribution is 2.14. The molecule has 2 aliphatic rings. The third-order valence-electron chi connectivity index (χ3n) is 1.91. The highest BCUT2D eigenvalue weighted by atomic mass is 15.0. The minimum Gasteiger partial charge on any atom is -0.372 e. The molecule has 0 atom stereocenters. The van der Waals surface area contributed by atoms with Gasteiger partial charge in [0.05, 0.1) is 6.34 Å². The second-order valence-electron chi connectivity index (χ2n) is 2.62. The van der Waals surface area contributed by atoms with Crippen molar-refractivity contribution in [1.29, 1.82) is 0 Å². The smallest absolute Gasteiger partial charge is 0.0884 e. The van der Waals surface area contributed by atoms with Crippen molar-refractivity contribution in [3.8, 4) is 0 Å². The van der Waals surface area contributed by atoms with E-state index in [9.17, 15) is 0 Å². The van der Waals surface area contributed by atoms with E-state index in [1.165, 1.54) is 11.3 Å². The molecular formula is C7H11N3. The highest BCUT2D eigenvalue weighted by Gasteiger charge is 2.12. The van der Waals surface area contributed by atoms with Gasteiger partial charge in [0.1, 0.15) is 0 Å². The molecule has 0 aromatic rings.